The number of hydrazone groups is 1. The van der Waals surface area contributed by atoms with Gasteiger partial charge in [-0.3, -0.25) is 4.79 Å². The van der Waals surface area contributed by atoms with Gasteiger partial charge in [0.05, 0.1) is 42.7 Å². The molecular weight excluding hydrogens is 620 g/mol. The molecule has 0 bridgehead atoms. The molecule has 1 aromatic heterocycles. The van der Waals surface area contributed by atoms with Crippen LogP contribution in [0.4, 0.5) is 9.52 Å². The Balaban J connectivity index is 1.72. The van der Waals surface area contributed by atoms with Crippen LogP contribution in [0, 0.1) is 5.82 Å². The maximum absolute atomic E-state index is 14.0. The van der Waals surface area contributed by atoms with Crippen LogP contribution in [0.5, 0.6) is 17.2 Å². The standard InChI is InChI=1S/C32H37FN4O6S2/c1-6-8-16-36(17-9-7-2)45(39,40)25-13-10-23(11-14-25)31(38)37(32-35-26-15-12-24(33)20-29(26)44-32)34-21-22-18-27(41-3)30(43-5)28(19-22)42-4/h10-15,18-21H,6-9,16-17H2,1-5H3/b34-21+. The number of sulfonamides is 1. The Kier molecular flexibility index (Phi) is 11.5. The lowest BCUT2D eigenvalue weighted by atomic mass is 10.2. The molecule has 0 saturated carbocycles. The molecule has 0 fully saturated rings. The lowest BCUT2D eigenvalue weighted by Crippen LogP contribution is -2.33. The highest BCUT2D eigenvalue weighted by molar-refractivity contribution is 7.89. The highest BCUT2D eigenvalue weighted by atomic mass is 32.2. The maximum Gasteiger partial charge on any atom is 0.280 e. The van der Waals surface area contributed by atoms with Gasteiger partial charge >= 0.3 is 0 Å². The van der Waals surface area contributed by atoms with Crippen molar-refractivity contribution in [2.75, 3.05) is 39.4 Å². The number of fused-ring (bicyclic) bond motifs is 1. The summed E-state index contributed by atoms with van der Waals surface area (Å²) in [6.45, 7) is 4.90. The van der Waals surface area contributed by atoms with Crippen LogP contribution in [0.15, 0.2) is 64.6 Å². The van der Waals surface area contributed by atoms with Crippen molar-refractivity contribution in [3.8, 4) is 17.2 Å². The number of halogens is 1. The van der Waals surface area contributed by atoms with Gasteiger partial charge in [-0.1, -0.05) is 38.0 Å². The van der Waals surface area contributed by atoms with Gasteiger partial charge < -0.3 is 14.2 Å². The van der Waals surface area contributed by atoms with Gasteiger partial charge in [-0.05, 0) is 67.4 Å². The number of carbonyl (C=O) groups excluding carboxylic acids is 1. The zero-order valence-corrected chi connectivity index (χ0v) is 27.6. The van der Waals surface area contributed by atoms with Crippen molar-refractivity contribution in [3.63, 3.8) is 0 Å². The number of ether oxygens (including phenoxy) is 3. The zero-order valence-electron chi connectivity index (χ0n) is 25.9. The first-order valence-corrected chi connectivity index (χ1v) is 16.8. The molecule has 0 spiro atoms. The van der Waals surface area contributed by atoms with E-state index in [1.54, 1.807) is 12.1 Å². The van der Waals surface area contributed by atoms with Crippen LogP contribution in [-0.2, 0) is 10.0 Å². The third kappa shape index (κ3) is 7.78. The number of hydrogen-bond donors (Lipinski definition) is 0. The van der Waals surface area contributed by atoms with E-state index in [1.807, 2.05) is 13.8 Å². The van der Waals surface area contributed by atoms with Gasteiger partial charge in [0.25, 0.3) is 5.91 Å². The normalized spacial score (nSPS) is 11.8. The summed E-state index contributed by atoms with van der Waals surface area (Å²) in [5, 5.41) is 5.77. The van der Waals surface area contributed by atoms with Gasteiger partial charge in [0.1, 0.15) is 5.82 Å². The average molecular weight is 657 g/mol. The van der Waals surface area contributed by atoms with Gasteiger partial charge in [0.15, 0.2) is 11.5 Å². The molecule has 0 saturated heterocycles. The Bertz CT molecular complexity index is 1730. The third-order valence-electron chi connectivity index (χ3n) is 6.98. The number of hydrogen-bond acceptors (Lipinski definition) is 9. The minimum atomic E-state index is -3.75. The summed E-state index contributed by atoms with van der Waals surface area (Å²) in [6.07, 6.45) is 4.69. The summed E-state index contributed by atoms with van der Waals surface area (Å²) in [5.41, 5.74) is 1.23. The van der Waals surface area contributed by atoms with E-state index in [9.17, 15) is 17.6 Å². The van der Waals surface area contributed by atoms with E-state index in [0.29, 0.717) is 46.1 Å². The highest BCUT2D eigenvalue weighted by Gasteiger charge is 2.26. The summed E-state index contributed by atoms with van der Waals surface area (Å²) in [6, 6.07) is 13.3. The average Bonchev–Trinajstić information content (AvgIpc) is 3.46. The van der Waals surface area contributed by atoms with E-state index in [4.69, 9.17) is 14.2 Å². The number of benzene rings is 3. The fraction of sp³-hybridized carbons (Fsp3) is 0.344. The molecule has 4 rings (SSSR count). The zero-order chi connectivity index (χ0) is 32.6. The van der Waals surface area contributed by atoms with Gasteiger partial charge in [-0.25, -0.2) is 17.8 Å². The second-order valence-corrected chi connectivity index (χ2v) is 13.0. The van der Waals surface area contributed by atoms with Crippen LogP contribution >= 0.6 is 11.3 Å². The largest absolute Gasteiger partial charge is 0.493 e. The number of carbonyl (C=O) groups is 1. The molecule has 3 aromatic carbocycles. The molecule has 0 radical (unpaired) electrons. The Hall–Kier alpha value is -4.07. The van der Waals surface area contributed by atoms with Crippen molar-refractivity contribution in [3.05, 3.63) is 71.5 Å². The van der Waals surface area contributed by atoms with E-state index in [1.165, 1.54) is 74.3 Å². The van der Waals surface area contributed by atoms with Crippen molar-refractivity contribution < 1.29 is 31.8 Å². The number of methoxy groups -OCH3 is 3. The van der Waals surface area contributed by atoms with E-state index < -0.39 is 21.7 Å². The summed E-state index contributed by atoms with van der Waals surface area (Å²) in [5.74, 6) is 0.207. The van der Waals surface area contributed by atoms with E-state index in [-0.39, 0.29) is 15.6 Å². The first-order valence-electron chi connectivity index (χ1n) is 14.5. The number of aromatic nitrogens is 1. The first kappa shape index (κ1) is 33.8. The van der Waals surface area contributed by atoms with Crippen LogP contribution in [-0.4, -0.2) is 64.2 Å². The lowest BCUT2D eigenvalue weighted by Gasteiger charge is -2.22. The molecule has 10 nitrogen and oxygen atoms in total. The highest BCUT2D eigenvalue weighted by Crippen LogP contribution is 2.38. The van der Waals surface area contributed by atoms with Crippen LogP contribution in [0.2, 0.25) is 0 Å². The van der Waals surface area contributed by atoms with Crippen LogP contribution in [0.1, 0.15) is 55.5 Å². The van der Waals surface area contributed by atoms with Crippen molar-refractivity contribution in [1.82, 2.24) is 9.29 Å². The molecule has 0 aliphatic carbocycles. The molecule has 0 aliphatic heterocycles. The van der Waals surface area contributed by atoms with Gasteiger partial charge in [0.2, 0.25) is 20.9 Å². The molecule has 0 unspecified atom stereocenters. The number of amides is 1. The second-order valence-electron chi connectivity index (χ2n) is 10.1. The molecule has 1 heterocycles. The summed E-state index contributed by atoms with van der Waals surface area (Å²) in [4.78, 5) is 18.5. The molecule has 0 N–H and O–H groups in total. The van der Waals surface area contributed by atoms with Gasteiger partial charge in [0, 0.05) is 24.2 Å². The van der Waals surface area contributed by atoms with Gasteiger partial charge in [-0.15, -0.1) is 0 Å². The van der Waals surface area contributed by atoms with Crippen LogP contribution < -0.4 is 19.2 Å². The molecule has 0 atom stereocenters. The maximum atomic E-state index is 14.0. The minimum Gasteiger partial charge on any atom is -0.493 e. The van der Waals surface area contributed by atoms with Gasteiger partial charge in [-0.2, -0.15) is 14.4 Å². The predicted octanol–water partition coefficient (Wildman–Crippen LogP) is 6.73. The number of thiazole rings is 1. The van der Waals surface area contributed by atoms with Crippen molar-refractivity contribution in [1.29, 1.82) is 0 Å². The van der Waals surface area contributed by atoms with E-state index in [2.05, 4.69) is 10.1 Å². The predicted molar refractivity (Wildman–Crippen MR) is 175 cm³/mol. The molecular formula is C32H37FN4O6S2. The molecule has 4 aromatic rings. The number of nitrogens with zero attached hydrogens (tertiary/aromatic N) is 4. The number of anilines is 1. The quantitative estimate of drug-likeness (QED) is 0.103. The molecule has 1 amide bonds. The van der Waals surface area contributed by atoms with E-state index >= 15 is 0 Å². The van der Waals surface area contributed by atoms with Crippen molar-refractivity contribution in [2.45, 2.75) is 44.4 Å². The molecule has 13 heteroatoms. The Labute approximate surface area is 267 Å². The monoisotopic (exact) mass is 656 g/mol. The van der Waals surface area contributed by atoms with Crippen LogP contribution in [0.25, 0.3) is 10.2 Å². The Morgan fingerprint density at radius 3 is 2.11 bits per heavy atom. The number of unbranched alkanes of at least 4 members (excludes halogenated alkanes) is 2. The first-order chi connectivity index (χ1) is 21.7. The SMILES string of the molecule is CCCCN(CCCC)S(=O)(=O)c1ccc(C(=O)N(/N=C/c2cc(OC)c(OC)c(OC)c2)c2nc3ccc(F)cc3s2)cc1. The van der Waals surface area contributed by atoms with Crippen LogP contribution in [0.3, 0.4) is 0 Å². The summed E-state index contributed by atoms with van der Waals surface area (Å²) >= 11 is 1.09. The van der Waals surface area contributed by atoms with Crippen molar-refractivity contribution >= 4 is 48.8 Å². The Morgan fingerprint density at radius 1 is 0.933 bits per heavy atom. The molecule has 240 valence electrons. The third-order valence-corrected chi connectivity index (χ3v) is 9.89. The topological polar surface area (TPSA) is 111 Å². The van der Waals surface area contributed by atoms with E-state index in [0.717, 1.165) is 42.0 Å². The smallest absolute Gasteiger partial charge is 0.280 e. The summed E-state index contributed by atoms with van der Waals surface area (Å²) < 4.78 is 59.2. The fourth-order valence-electron chi connectivity index (χ4n) is 4.53. The lowest BCUT2D eigenvalue weighted by molar-refractivity contribution is 0.0987. The minimum absolute atomic E-state index is 0.106. The molecule has 0 aliphatic rings. The number of rotatable bonds is 15. The Morgan fingerprint density at radius 2 is 1.56 bits per heavy atom. The van der Waals surface area contributed by atoms with Crippen molar-refractivity contribution in [2.24, 2.45) is 5.10 Å². The summed E-state index contributed by atoms with van der Waals surface area (Å²) in [7, 11) is 0.729. The second kappa shape index (κ2) is 15.3. The molecule has 45 heavy (non-hydrogen) atoms. The fourth-order valence-corrected chi connectivity index (χ4v) is 6.99.